The lowest BCUT2D eigenvalue weighted by atomic mass is 9.58. The van der Waals surface area contributed by atoms with Crippen LogP contribution < -0.4 is 4.74 Å². The normalized spacial score (nSPS) is 18.8. The molecule has 47 heavy (non-hydrogen) atoms. The largest absolute Gasteiger partial charge is 0.494 e. The average molecular weight is 637 g/mol. The second-order valence-electron chi connectivity index (χ2n) is 15.6. The molecule has 3 aromatic carbocycles. The van der Waals surface area contributed by atoms with Crippen LogP contribution in [0.3, 0.4) is 0 Å². The second kappa shape index (κ2) is 16.2. The van der Waals surface area contributed by atoms with Gasteiger partial charge in [-0.25, -0.2) is 0 Å². The Morgan fingerprint density at radius 3 is 1.96 bits per heavy atom. The molecule has 1 unspecified atom stereocenters. The summed E-state index contributed by atoms with van der Waals surface area (Å²) in [5, 5.41) is 0. The third kappa shape index (κ3) is 8.70. The summed E-state index contributed by atoms with van der Waals surface area (Å²) in [5.74, 6) is 2.33. The van der Waals surface area contributed by atoms with Crippen molar-refractivity contribution >= 4 is 0 Å². The molecule has 1 saturated carbocycles. The topological polar surface area (TPSA) is 27.7 Å². The van der Waals surface area contributed by atoms with Gasteiger partial charge in [-0.3, -0.25) is 0 Å². The SMILES string of the molecule is CCCCCOCCCCCCCCOc1ccc(C(C)(C)c2ccc(C3CCc4ccc(C5CC6(COC6)C5)cc4C3)cc2)cc1. The number of ether oxygens (including phenoxy) is 3. The van der Waals surface area contributed by atoms with Crippen LogP contribution >= 0.6 is 0 Å². The summed E-state index contributed by atoms with van der Waals surface area (Å²) in [7, 11) is 0. The first-order valence-electron chi connectivity index (χ1n) is 19.1. The van der Waals surface area contributed by atoms with Crippen LogP contribution in [0.5, 0.6) is 5.75 Å². The summed E-state index contributed by atoms with van der Waals surface area (Å²) in [6.45, 7) is 11.6. The summed E-state index contributed by atoms with van der Waals surface area (Å²) in [5.41, 5.74) is 9.38. The van der Waals surface area contributed by atoms with Crippen LogP contribution in [0.15, 0.2) is 66.7 Å². The lowest BCUT2D eigenvalue weighted by molar-refractivity contribution is -0.164. The maximum Gasteiger partial charge on any atom is 0.119 e. The van der Waals surface area contributed by atoms with Crippen LogP contribution in [0.2, 0.25) is 0 Å². The first kappa shape index (κ1) is 34.3. The molecule has 1 saturated heterocycles. The smallest absolute Gasteiger partial charge is 0.119 e. The summed E-state index contributed by atoms with van der Waals surface area (Å²) in [6, 6.07) is 25.8. The Kier molecular flexibility index (Phi) is 11.8. The maximum absolute atomic E-state index is 6.10. The fourth-order valence-corrected chi connectivity index (χ4v) is 8.23. The van der Waals surface area contributed by atoms with Gasteiger partial charge in [0.1, 0.15) is 5.75 Å². The van der Waals surface area contributed by atoms with Gasteiger partial charge in [0.2, 0.25) is 0 Å². The molecule has 1 atom stereocenters. The first-order valence-corrected chi connectivity index (χ1v) is 19.1. The highest BCUT2D eigenvalue weighted by Gasteiger charge is 2.50. The predicted octanol–water partition coefficient (Wildman–Crippen LogP) is 11.1. The minimum atomic E-state index is -0.0582. The van der Waals surface area contributed by atoms with E-state index in [1.165, 1.54) is 100 Å². The number of hydrogen-bond acceptors (Lipinski definition) is 3. The summed E-state index contributed by atoms with van der Waals surface area (Å²) in [6.07, 6.45) is 17.4. The lowest BCUT2D eigenvalue weighted by Crippen LogP contribution is -2.51. The Morgan fingerprint density at radius 2 is 1.30 bits per heavy atom. The molecule has 6 rings (SSSR count). The molecule has 3 nitrogen and oxygen atoms in total. The second-order valence-corrected chi connectivity index (χ2v) is 15.6. The van der Waals surface area contributed by atoms with E-state index in [1.807, 2.05) is 0 Å². The molecule has 254 valence electrons. The molecule has 3 aromatic rings. The number of benzene rings is 3. The molecule has 1 heterocycles. The average Bonchev–Trinajstić information content (AvgIpc) is 3.05. The van der Waals surface area contributed by atoms with Crippen molar-refractivity contribution in [2.24, 2.45) is 5.41 Å². The van der Waals surface area contributed by atoms with E-state index in [1.54, 1.807) is 16.7 Å². The number of rotatable bonds is 18. The van der Waals surface area contributed by atoms with Crippen LogP contribution in [0.4, 0.5) is 0 Å². The summed E-state index contributed by atoms with van der Waals surface area (Å²) < 4.78 is 17.3. The number of fused-ring (bicyclic) bond motifs is 1. The molecule has 1 aliphatic heterocycles. The molecule has 0 aromatic heterocycles. The summed E-state index contributed by atoms with van der Waals surface area (Å²) in [4.78, 5) is 0. The van der Waals surface area contributed by atoms with Gasteiger partial charge in [0.15, 0.2) is 0 Å². The first-order chi connectivity index (χ1) is 23.0. The molecule has 0 bridgehead atoms. The molecule has 0 N–H and O–H groups in total. The van der Waals surface area contributed by atoms with Gasteiger partial charge >= 0.3 is 0 Å². The molecule has 3 heteroatoms. The Morgan fingerprint density at radius 1 is 0.681 bits per heavy atom. The highest BCUT2D eigenvalue weighted by molar-refractivity contribution is 5.43. The van der Waals surface area contributed by atoms with Gasteiger partial charge in [-0.15, -0.1) is 0 Å². The van der Waals surface area contributed by atoms with Crippen molar-refractivity contribution in [2.75, 3.05) is 33.0 Å². The van der Waals surface area contributed by atoms with Crippen molar-refractivity contribution in [1.82, 2.24) is 0 Å². The fraction of sp³-hybridized carbons (Fsp3) is 0.591. The minimum Gasteiger partial charge on any atom is -0.494 e. The molecule has 3 aliphatic rings. The van der Waals surface area contributed by atoms with Gasteiger partial charge in [-0.1, -0.05) is 114 Å². The summed E-state index contributed by atoms with van der Waals surface area (Å²) >= 11 is 0. The van der Waals surface area contributed by atoms with E-state index in [4.69, 9.17) is 14.2 Å². The van der Waals surface area contributed by atoms with Gasteiger partial charge in [-0.05, 0) is 109 Å². The van der Waals surface area contributed by atoms with Crippen LogP contribution in [0, 0.1) is 5.41 Å². The number of unbranched alkanes of at least 4 members (excludes halogenated alkanes) is 7. The van der Waals surface area contributed by atoms with Crippen molar-refractivity contribution in [3.8, 4) is 5.75 Å². The quantitative estimate of drug-likeness (QED) is 0.130. The van der Waals surface area contributed by atoms with Crippen molar-refractivity contribution in [2.45, 2.75) is 128 Å². The highest BCUT2D eigenvalue weighted by Crippen LogP contribution is 2.55. The molecular formula is C44H60O3. The molecule has 1 spiro atoms. The monoisotopic (exact) mass is 636 g/mol. The van der Waals surface area contributed by atoms with Crippen molar-refractivity contribution in [3.05, 3.63) is 100 Å². The molecule has 0 radical (unpaired) electrons. The fourth-order valence-electron chi connectivity index (χ4n) is 8.23. The number of hydrogen-bond donors (Lipinski definition) is 0. The van der Waals surface area contributed by atoms with Gasteiger partial charge in [0.25, 0.3) is 0 Å². The van der Waals surface area contributed by atoms with Gasteiger partial charge in [0, 0.05) is 24.0 Å². The Labute approximate surface area is 285 Å². The van der Waals surface area contributed by atoms with E-state index >= 15 is 0 Å². The molecule has 2 fully saturated rings. The molecular weight excluding hydrogens is 576 g/mol. The third-order valence-corrected chi connectivity index (χ3v) is 11.6. The van der Waals surface area contributed by atoms with E-state index in [2.05, 4.69) is 87.5 Å². The minimum absolute atomic E-state index is 0.0582. The zero-order valence-corrected chi connectivity index (χ0v) is 29.7. The zero-order chi connectivity index (χ0) is 32.5. The Balaban J connectivity index is 0.922. The molecule has 2 aliphatic carbocycles. The van der Waals surface area contributed by atoms with Crippen LogP contribution in [-0.2, 0) is 27.7 Å². The van der Waals surface area contributed by atoms with Crippen LogP contribution in [0.25, 0.3) is 0 Å². The predicted molar refractivity (Wildman–Crippen MR) is 195 cm³/mol. The molecule has 0 amide bonds. The van der Waals surface area contributed by atoms with E-state index in [0.717, 1.165) is 51.1 Å². The van der Waals surface area contributed by atoms with Gasteiger partial charge < -0.3 is 14.2 Å². The van der Waals surface area contributed by atoms with Crippen LogP contribution in [-0.4, -0.2) is 33.0 Å². The van der Waals surface area contributed by atoms with Crippen molar-refractivity contribution in [1.29, 1.82) is 0 Å². The van der Waals surface area contributed by atoms with E-state index in [0.29, 0.717) is 11.3 Å². The number of aryl methyl sites for hydroxylation is 1. The van der Waals surface area contributed by atoms with Crippen LogP contribution in [0.1, 0.15) is 143 Å². The van der Waals surface area contributed by atoms with E-state index in [-0.39, 0.29) is 5.41 Å². The van der Waals surface area contributed by atoms with Gasteiger partial charge in [0.05, 0.1) is 19.8 Å². The Bertz CT molecular complexity index is 1380. The van der Waals surface area contributed by atoms with Crippen molar-refractivity contribution < 1.29 is 14.2 Å². The highest BCUT2D eigenvalue weighted by atomic mass is 16.5. The Hall–Kier alpha value is -2.62. The zero-order valence-electron chi connectivity index (χ0n) is 29.7. The van der Waals surface area contributed by atoms with E-state index < -0.39 is 0 Å². The maximum atomic E-state index is 6.10. The third-order valence-electron chi connectivity index (χ3n) is 11.6. The van der Waals surface area contributed by atoms with Crippen molar-refractivity contribution in [3.63, 3.8) is 0 Å². The van der Waals surface area contributed by atoms with E-state index in [9.17, 15) is 0 Å². The lowest BCUT2D eigenvalue weighted by Gasteiger charge is -2.53. The van der Waals surface area contributed by atoms with Gasteiger partial charge in [-0.2, -0.15) is 0 Å². The standard InChI is InChI=1S/C44H60O3/c1-4-5-10-25-45-26-11-8-6-7-9-12-27-47-42-23-21-41(22-24-42)43(2,3)40-19-17-34(18-20-40)36-15-13-35-14-16-37(29-38(35)28-36)39-30-44(31-39)32-46-33-44/h14,16-24,29,36,39H,4-13,15,25-28,30-33H2,1-3H3.